The Balaban J connectivity index is 3.09. The zero-order chi connectivity index (χ0) is 13.8. The Hall–Kier alpha value is -1.74. The first-order valence-electron chi connectivity index (χ1n) is 5.27. The fraction of sp³-hybridized carbons (Fsp3) is 0.444. The number of nitrogens with two attached hydrogens (primary N) is 1. The van der Waals surface area contributed by atoms with E-state index in [-0.39, 0.29) is 10.7 Å². The predicted octanol–water partition coefficient (Wildman–Crippen LogP) is 0.849. The van der Waals surface area contributed by atoms with Gasteiger partial charge >= 0.3 is 5.69 Å². The summed E-state index contributed by atoms with van der Waals surface area (Å²) in [5.41, 5.74) is -0.405. The number of nitrogens with zero attached hydrogens (tertiary/aromatic N) is 2. The van der Waals surface area contributed by atoms with Crippen molar-refractivity contribution >= 4 is 21.5 Å². The highest BCUT2D eigenvalue weighted by atomic mass is 32.2. The second kappa shape index (κ2) is 5.74. The van der Waals surface area contributed by atoms with Crippen molar-refractivity contribution in [1.82, 2.24) is 4.98 Å². The van der Waals surface area contributed by atoms with Gasteiger partial charge in [-0.2, -0.15) is 0 Å². The van der Waals surface area contributed by atoms with Crippen LogP contribution >= 0.6 is 0 Å². The summed E-state index contributed by atoms with van der Waals surface area (Å²) in [6.07, 6.45) is 2.75. The number of sulfonamides is 1. The average Bonchev–Trinajstić information content (AvgIpc) is 2.28. The molecule has 100 valence electrons. The second-order valence-corrected chi connectivity index (χ2v) is 5.18. The number of pyridine rings is 1. The molecule has 3 N–H and O–H groups in total. The van der Waals surface area contributed by atoms with Crippen LogP contribution in [-0.4, -0.2) is 24.9 Å². The number of anilines is 1. The Bertz CT molecular complexity index is 543. The molecule has 9 heteroatoms. The number of hydrogen-bond donors (Lipinski definition) is 2. The summed E-state index contributed by atoms with van der Waals surface area (Å²) < 4.78 is 22.1. The van der Waals surface area contributed by atoms with Gasteiger partial charge in [-0.3, -0.25) is 10.1 Å². The molecule has 0 spiro atoms. The third-order valence-corrected chi connectivity index (χ3v) is 3.07. The van der Waals surface area contributed by atoms with Gasteiger partial charge in [-0.05, 0) is 6.42 Å². The lowest BCUT2D eigenvalue weighted by Gasteiger charge is -2.06. The maximum Gasteiger partial charge on any atom is 0.312 e. The minimum absolute atomic E-state index is 0.0425. The number of aromatic nitrogens is 1. The topological polar surface area (TPSA) is 128 Å². The molecule has 0 fully saturated rings. The molecule has 1 heterocycles. The minimum Gasteiger partial charge on any atom is -0.364 e. The monoisotopic (exact) mass is 274 g/mol. The van der Waals surface area contributed by atoms with Crippen molar-refractivity contribution < 1.29 is 13.3 Å². The van der Waals surface area contributed by atoms with E-state index in [2.05, 4.69) is 10.3 Å². The third kappa shape index (κ3) is 3.64. The van der Waals surface area contributed by atoms with Crippen molar-refractivity contribution in [2.24, 2.45) is 5.14 Å². The van der Waals surface area contributed by atoms with Gasteiger partial charge in [-0.25, -0.2) is 18.5 Å². The lowest BCUT2D eigenvalue weighted by molar-refractivity contribution is -0.384. The maximum absolute atomic E-state index is 11.1. The maximum atomic E-state index is 11.1. The lowest BCUT2D eigenvalue weighted by atomic mass is 10.3. The first-order valence-corrected chi connectivity index (χ1v) is 6.82. The van der Waals surface area contributed by atoms with E-state index in [1.807, 2.05) is 6.92 Å². The molecule has 1 aromatic rings. The van der Waals surface area contributed by atoms with E-state index in [1.54, 1.807) is 0 Å². The Labute approximate surface area is 104 Å². The van der Waals surface area contributed by atoms with E-state index in [9.17, 15) is 18.5 Å². The number of nitrogens with one attached hydrogen (secondary N) is 1. The first kappa shape index (κ1) is 14.3. The number of unbranched alkanes of at least 4 members (excludes halogenated alkanes) is 1. The highest BCUT2D eigenvalue weighted by Gasteiger charge is 2.20. The van der Waals surface area contributed by atoms with Gasteiger partial charge in [0, 0.05) is 18.8 Å². The fourth-order valence-corrected chi connectivity index (χ4v) is 1.72. The van der Waals surface area contributed by atoms with Crippen LogP contribution < -0.4 is 10.5 Å². The van der Waals surface area contributed by atoms with Crippen LogP contribution in [0.3, 0.4) is 0 Å². The normalized spacial score (nSPS) is 11.2. The van der Waals surface area contributed by atoms with Crippen molar-refractivity contribution in [2.45, 2.75) is 24.7 Å². The molecule has 0 saturated carbocycles. The molecular weight excluding hydrogens is 260 g/mol. The molecular formula is C9H14N4O4S. The van der Waals surface area contributed by atoms with E-state index in [0.29, 0.717) is 6.54 Å². The predicted molar refractivity (Wildman–Crippen MR) is 65.7 cm³/mol. The SMILES string of the molecule is CCCCNc1ncc(S(N)(=O)=O)cc1[N+](=O)[O-]. The van der Waals surface area contributed by atoms with Crippen molar-refractivity contribution in [1.29, 1.82) is 0 Å². The zero-order valence-corrected chi connectivity index (χ0v) is 10.6. The molecule has 0 bridgehead atoms. The summed E-state index contributed by atoms with van der Waals surface area (Å²) >= 11 is 0. The summed E-state index contributed by atoms with van der Waals surface area (Å²) in [5.74, 6) is 0.0425. The molecule has 8 nitrogen and oxygen atoms in total. The smallest absolute Gasteiger partial charge is 0.312 e. The van der Waals surface area contributed by atoms with Crippen LogP contribution in [0, 0.1) is 10.1 Å². The molecule has 0 saturated heterocycles. The Kier molecular flexibility index (Phi) is 4.56. The van der Waals surface area contributed by atoms with Crippen LogP contribution in [0.2, 0.25) is 0 Å². The number of primary sulfonamides is 1. The summed E-state index contributed by atoms with van der Waals surface area (Å²) in [6.45, 7) is 2.51. The van der Waals surface area contributed by atoms with Gasteiger partial charge in [0.25, 0.3) is 0 Å². The molecule has 1 aromatic heterocycles. The van der Waals surface area contributed by atoms with E-state index in [0.717, 1.165) is 25.1 Å². The molecule has 18 heavy (non-hydrogen) atoms. The van der Waals surface area contributed by atoms with E-state index in [1.165, 1.54) is 0 Å². The number of rotatable bonds is 6. The van der Waals surface area contributed by atoms with Crippen molar-refractivity contribution in [3.63, 3.8) is 0 Å². The quantitative estimate of drug-likeness (QED) is 0.449. The van der Waals surface area contributed by atoms with Crippen molar-refractivity contribution in [3.8, 4) is 0 Å². The highest BCUT2D eigenvalue weighted by Crippen LogP contribution is 2.24. The summed E-state index contributed by atoms with van der Waals surface area (Å²) in [5, 5.41) is 18.5. The minimum atomic E-state index is -4.00. The van der Waals surface area contributed by atoms with Crippen LogP contribution in [0.4, 0.5) is 11.5 Å². The fourth-order valence-electron chi connectivity index (χ4n) is 1.25. The molecule has 0 amide bonds. The summed E-state index contributed by atoms with van der Waals surface area (Å²) in [6, 6.07) is 0.899. The van der Waals surface area contributed by atoms with Gasteiger partial charge in [-0.15, -0.1) is 0 Å². The standard InChI is InChI=1S/C9H14N4O4S/c1-2-3-4-11-9-8(13(14)15)5-7(6-12-9)18(10,16)17/h5-6H,2-4H2,1H3,(H,11,12)(H2,10,16,17). The molecule has 0 aliphatic heterocycles. The first-order chi connectivity index (χ1) is 8.36. The summed E-state index contributed by atoms with van der Waals surface area (Å²) in [4.78, 5) is 13.5. The zero-order valence-electron chi connectivity index (χ0n) is 9.79. The van der Waals surface area contributed by atoms with Crippen LogP contribution in [-0.2, 0) is 10.0 Å². The van der Waals surface area contributed by atoms with Crippen LogP contribution in [0.15, 0.2) is 17.2 Å². The largest absolute Gasteiger partial charge is 0.364 e. The van der Waals surface area contributed by atoms with Crippen LogP contribution in [0.1, 0.15) is 19.8 Å². The Morgan fingerprint density at radius 2 is 2.22 bits per heavy atom. The number of nitro groups is 1. The van der Waals surface area contributed by atoms with Crippen molar-refractivity contribution in [3.05, 3.63) is 22.4 Å². The van der Waals surface area contributed by atoms with Gasteiger partial charge in [0.15, 0.2) is 0 Å². The molecule has 1 rings (SSSR count). The number of hydrogen-bond acceptors (Lipinski definition) is 6. The molecule has 0 radical (unpaired) electrons. The second-order valence-electron chi connectivity index (χ2n) is 3.62. The average molecular weight is 274 g/mol. The Morgan fingerprint density at radius 3 is 2.72 bits per heavy atom. The van der Waals surface area contributed by atoms with Crippen LogP contribution in [0.25, 0.3) is 0 Å². The van der Waals surface area contributed by atoms with E-state index in [4.69, 9.17) is 5.14 Å². The van der Waals surface area contributed by atoms with Gasteiger partial charge < -0.3 is 5.32 Å². The molecule has 0 aromatic carbocycles. The van der Waals surface area contributed by atoms with Crippen LogP contribution in [0.5, 0.6) is 0 Å². The molecule has 0 aliphatic rings. The molecule has 0 atom stereocenters. The highest BCUT2D eigenvalue weighted by molar-refractivity contribution is 7.89. The van der Waals surface area contributed by atoms with E-state index >= 15 is 0 Å². The molecule has 0 aliphatic carbocycles. The summed E-state index contributed by atoms with van der Waals surface area (Å²) in [7, 11) is -4.00. The Morgan fingerprint density at radius 1 is 1.56 bits per heavy atom. The van der Waals surface area contributed by atoms with Gasteiger partial charge in [0.2, 0.25) is 15.8 Å². The van der Waals surface area contributed by atoms with E-state index < -0.39 is 20.6 Å². The van der Waals surface area contributed by atoms with Crippen molar-refractivity contribution in [2.75, 3.05) is 11.9 Å². The lowest BCUT2D eigenvalue weighted by Crippen LogP contribution is -2.14. The van der Waals surface area contributed by atoms with Gasteiger partial charge in [0.1, 0.15) is 4.90 Å². The molecule has 0 unspecified atom stereocenters. The van der Waals surface area contributed by atoms with Gasteiger partial charge in [-0.1, -0.05) is 13.3 Å². The van der Waals surface area contributed by atoms with Gasteiger partial charge in [0.05, 0.1) is 4.92 Å². The third-order valence-electron chi connectivity index (χ3n) is 2.19.